The van der Waals surface area contributed by atoms with Crippen LogP contribution < -0.4 is 5.73 Å². The third-order valence-electron chi connectivity index (χ3n) is 6.51. The van der Waals surface area contributed by atoms with Crippen LogP contribution in [0.3, 0.4) is 0 Å². The lowest BCUT2D eigenvalue weighted by atomic mass is 9.60. The van der Waals surface area contributed by atoms with Crippen molar-refractivity contribution in [1.29, 1.82) is 0 Å². The van der Waals surface area contributed by atoms with Crippen LogP contribution in [0.5, 0.6) is 11.5 Å². The molecule has 9 nitrogen and oxygen atoms in total. The highest BCUT2D eigenvalue weighted by Gasteiger charge is 2.64. The Morgan fingerprint density at radius 1 is 1.10 bits per heavy atom. The number of aryl methyl sites for hydroxylation is 2. The van der Waals surface area contributed by atoms with E-state index in [1.165, 1.54) is 0 Å². The molecule has 4 rings (SSSR count). The van der Waals surface area contributed by atoms with Crippen LogP contribution >= 0.6 is 0 Å². The number of aliphatic hydroxyl groups excluding tert-OH is 2. The molecule has 2 aliphatic rings. The van der Waals surface area contributed by atoms with Crippen molar-refractivity contribution in [2.45, 2.75) is 38.5 Å². The molecule has 0 bridgehead atoms. The summed E-state index contributed by atoms with van der Waals surface area (Å²) in [6, 6.07) is 1.51. The Labute approximate surface area is 176 Å². The fourth-order valence-electron chi connectivity index (χ4n) is 4.88. The van der Waals surface area contributed by atoms with E-state index in [1.807, 2.05) is 0 Å². The molecular weight excluding hydrogens is 406 g/mol. The van der Waals surface area contributed by atoms with Crippen LogP contribution in [-0.2, 0) is 9.59 Å². The molecule has 0 aliphatic heterocycles. The van der Waals surface area contributed by atoms with Gasteiger partial charge in [0.05, 0.1) is 29.0 Å². The van der Waals surface area contributed by atoms with Gasteiger partial charge in [0.25, 0.3) is 0 Å². The quantitative estimate of drug-likeness (QED) is 0.358. The number of ketones is 3. The number of phenolic OH excluding ortho intramolecular Hbond substituents is 2. The van der Waals surface area contributed by atoms with Gasteiger partial charge in [-0.3, -0.25) is 14.4 Å². The van der Waals surface area contributed by atoms with E-state index in [4.69, 9.17) is 5.73 Å². The Bertz CT molecular complexity index is 1260. The van der Waals surface area contributed by atoms with Crippen LogP contribution in [0.25, 0.3) is 10.8 Å². The molecule has 2 aromatic rings. The van der Waals surface area contributed by atoms with Gasteiger partial charge in [-0.05, 0) is 42.8 Å². The number of nitrogens with two attached hydrogens (primary N) is 1. The standard InChI is InChI=1S/C22H21NO8/c1-6-4-5-9-7(2)10-13(17(26)12(9)16(6)25)21(30)22(31)14(18(10)27)15(23)19(28)11(8(3)24)20(22)29/h4-5,14-15,18,25-27,29,31H,23H2,1-3H3/t14?,15-,18?,22-/m1/s1. The Balaban J connectivity index is 2.16. The molecule has 0 saturated carbocycles. The van der Waals surface area contributed by atoms with Crippen LogP contribution in [0, 0.1) is 19.8 Å². The zero-order chi connectivity index (χ0) is 23.2. The lowest BCUT2D eigenvalue weighted by molar-refractivity contribution is -0.132. The Kier molecular flexibility index (Phi) is 4.31. The van der Waals surface area contributed by atoms with Gasteiger partial charge in [0.15, 0.2) is 17.2 Å². The number of hydrogen-bond donors (Lipinski definition) is 6. The summed E-state index contributed by atoms with van der Waals surface area (Å²) in [4.78, 5) is 38.0. The third-order valence-corrected chi connectivity index (χ3v) is 6.51. The number of carbonyl (C=O) groups is 3. The van der Waals surface area contributed by atoms with Gasteiger partial charge < -0.3 is 31.3 Å². The number of hydrogen-bond acceptors (Lipinski definition) is 9. The van der Waals surface area contributed by atoms with E-state index in [1.54, 1.807) is 26.0 Å². The molecule has 7 N–H and O–H groups in total. The fourth-order valence-corrected chi connectivity index (χ4v) is 4.88. The van der Waals surface area contributed by atoms with Gasteiger partial charge in [-0.15, -0.1) is 0 Å². The first kappa shape index (κ1) is 21.0. The Morgan fingerprint density at radius 3 is 2.29 bits per heavy atom. The summed E-state index contributed by atoms with van der Waals surface area (Å²) in [6.45, 7) is 4.10. The summed E-state index contributed by atoms with van der Waals surface area (Å²) in [5.74, 6) is -7.06. The van der Waals surface area contributed by atoms with Crippen molar-refractivity contribution in [3.05, 3.63) is 45.7 Å². The van der Waals surface area contributed by atoms with Crippen molar-refractivity contribution in [2.75, 3.05) is 0 Å². The van der Waals surface area contributed by atoms with Crippen LogP contribution in [-0.4, -0.2) is 54.5 Å². The molecule has 162 valence electrons. The van der Waals surface area contributed by atoms with Gasteiger partial charge in [-0.2, -0.15) is 0 Å². The SMILES string of the molecule is CC(=O)C1=C(O)[C@@]2(O)C(=O)c3c(c(C)c4ccc(C)c(O)c4c3O)C(O)C2[C@@H](N)C1=O. The second-order valence-corrected chi connectivity index (χ2v) is 8.15. The highest BCUT2D eigenvalue weighted by molar-refractivity contribution is 6.25. The molecule has 0 saturated heterocycles. The van der Waals surface area contributed by atoms with E-state index in [0.29, 0.717) is 16.5 Å². The van der Waals surface area contributed by atoms with Gasteiger partial charge in [0.2, 0.25) is 5.78 Å². The third kappa shape index (κ3) is 2.33. The van der Waals surface area contributed by atoms with Gasteiger partial charge in [0, 0.05) is 0 Å². The second-order valence-electron chi connectivity index (χ2n) is 8.15. The average molecular weight is 427 g/mol. The van der Waals surface area contributed by atoms with E-state index in [0.717, 1.165) is 6.92 Å². The van der Waals surface area contributed by atoms with Crippen LogP contribution in [0.1, 0.15) is 40.1 Å². The number of phenols is 2. The highest BCUT2D eigenvalue weighted by Crippen LogP contribution is 2.54. The summed E-state index contributed by atoms with van der Waals surface area (Å²) in [6.07, 6.45) is -1.74. The van der Waals surface area contributed by atoms with E-state index in [2.05, 4.69) is 0 Å². The van der Waals surface area contributed by atoms with Gasteiger partial charge >= 0.3 is 0 Å². The molecule has 31 heavy (non-hydrogen) atoms. The topological polar surface area (TPSA) is 178 Å². The first-order chi connectivity index (χ1) is 14.4. The number of aliphatic hydroxyl groups is 3. The lowest BCUT2D eigenvalue weighted by Crippen LogP contribution is -2.65. The molecule has 2 unspecified atom stereocenters. The summed E-state index contributed by atoms with van der Waals surface area (Å²) >= 11 is 0. The maximum atomic E-state index is 13.5. The molecule has 4 atom stereocenters. The van der Waals surface area contributed by atoms with Crippen molar-refractivity contribution in [2.24, 2.45) is 11.7 Å². The largest absolute Gasteiger partial charge is 0.508 e. The number of carbonyl (C=O) groups excluding carboxylic acids is 3. The monoisotopic (exact) mass is 427 g/mol. The maximum absolute atomic E-state index is 13.5. The van der Waals surface area contributed by atoms with Crippen molar-refractivity contribution in [1.82, 2.24) is 0 Å². The van der Waals surface area contributed by atoms with E-state index in [9.17, 15) is 39.9 Å². The first-order valence-electron chi connectivity index (χ1n) is 9.54. The molecule has 9 heteroatoms. The van der Waals surface area contributed by atoms with E-state index >= 15 is 0 Å². The lowest BCUT2D eigenvalue weighted by Gasteiger charge is -2.47. The van der Waals surface area contributed by atoms with Crippen molar-refractivity contribution in [3.8, 4) is 11.5 Å². The maximum Gasteiger partial charge on any atom is 0.206 e. The summed E-state index contributed by atoms with van der Waals surface area (Å²) in [5, 5.41) is 54.8. The van der Waals surface area contributed by atoms with Gasteiger partial charge in [-0.25, -0.2) is 0 Å². The van der Waals surface area contributed by atoms with Crippen molar-refractivity contribution >= 4 is 28.1 Å². The summed E-state index contributed by atoms with van der Waals surface area (Å²) in [5.41, 5.74) is 2.33. The van der Waals surface area contributed by atoms with E-state index < -0.39 is 63.7 Å². The number of rotatable bonds is 1. The van der Waals surface area contributed by atoms with Crippen molar-refractivity contribution in [3.63, 3.8) is 0 Å². The van der Waals surface area contributed by atoms with Crippen LogP contribution in [0.2, 0.25) is 0 Å². The molecule has 0 radical (unpaired) electrons. The van der Waals surface area contributed by atoms with Gasteiger partial charge in [0.1, 0.15) is 22.8 Å². The fraction of sp³-hybridized carbons (Fsp3) is 0.318. The highest BCUT2D eigenvalue weighted by atomic mass is 16.4. The predicted molar refractivity (Wildman–Crippen MR) is 108 cm³/mol. The van der Waals surface area contributed by atoms with Crippen LogP contribution in [0.4, 0.5) is 0 Å². The smallest absolute Gasteiger partial charge is 0.206 e. The predicted octanol–water partition coefficient (Wildman–Crippen LogP) is 0.756. The van der Waals surface area contributed by atoms with Gasteiger partial charge in [-0.1, -0.05) is 12.1 Å². The summed E-state index contributed by atoms with van der Waals surface area (Å²) < 4.78 is 0. The molecule has 0 aromatic heterocycles. The zero-order valence-corrected chi connectivity index (χ0v) is 16.9. The normalized spacial score (nSPS) is 28.0. The summed E-state index contributed by atoms with van der Waals surface area (Å²) in [7, 11) is 0. The van der Waals surface area contributed by atoms with Crippen LogP contribution in [0.15, 0.2) is 23.5 Å². The number of benzene rings is 2. The molecule has 0 heterocycles. The molecule has 2 aliphatic carbocycles. The minimum Gasteiger partial charge on any atom is -0.508 e. The molecule has 2 aromatic carbocycles. The number of Topliss-reactive ketones (excluding diaryl/α,β-unsaturated/α-hetero) is 3. The van der Waals surface area contributed by atoms with E-state index in [-0.39, 0.29) is 16.7 Å². The Hall–Kier alpha value is -3.27. The average Bonchev–Trinajstić information content (AvgIpc) is 2.69. The molecular formula is C22H21NO8. The van der Waals surface area contributed by atoms with Crippen molar-refractivity contribution < 1.29 is 39.9 Å². The number of fused-ring (bicyclic) bond motifs is 3. The second kappa shape index (κ2) is 6.36. The zero-order valence-electron chi connectivity index (χ0n) is 16.9. The minimum atomic E-state index is -2.92. The number of aromatic hydroxyl groups is 2. The Morgan fingerprint density at radius 2 is 1.71 bits per heavy atom. The minimum absolute atomic E-state index is 0.0645. The molecule has 0 spiro atoms. The molecule has 0 fully saturated rings. The molecule has 0 amide bonds. The first-order valence-corrected chi connectivity index (χ1v) is 9.54.